The number of fused-ring (bicyclic) bond motifs is 1. The van der Waals surface area contributed by atoms with Crippen LogP contribution in [0.3, 0.4) is 0 Å². The second-order valence-electron chi connectivity index (χ2n) is 8.36. The zero-order valence-corrected chi connectivity index (χ0v) is 18.2. The summed E-state index contributed by atoms with van der Waals surface area (Å²) in [6.45, 7) is 10.7. The number of rotatable bonds is 4. The highest BCUT2D eigenvalue weighted by Crippen LogP contribution is 2.39. The molecule has 1 amide bonds. The Morgan fingerprint density at radius 2 is 1.90 bits per heavy atom. The molecule has 3 rings (SSSR count). The molecule has 0 saturated carbocycles. The normalized spacial score (nSPS) is 17.2. The molecule has 1 aliphatic rings. The third-order valence-electron chi connectivity index (χ3n) is 4.60. The number of hydrogen-bond acceptors (Lipinski definition) is 7. The van der Waals surface area contributed by atoms with Crippen LogP contribution in [0.5, 0.6) is 0 Å². The first kappa shape index (κ1) is 22.5. The molecule has 0 bridgehead atoms. The van der Waals surface area contributed by atoms with E-state index in [4.69, 9.17) is 4.74 Å². The van der Waals surface area contributed by atoms with Crippen molar-refractivity contribution in [1.29, 1.82) is 0 Å². The number of thiophene rings is 1. The first-order valence-electron chi connectivity index (χ1n) is 9.70. The maximum atomic E-state index is 13.1. The Morgan fingerprint density at radius 1 is 1.23 bits per heavy atom. The molecule has 0 aromatic carbocycles. The monoisotopic (exact) mass is 445 g/mol. The fourth-order valence-electron chi connectivity index (χ4n) is 3.26. The first-order valence-corrected chi connectivity index (χ1v) is 10.6. The fourth-order valence-corrected chi connectivity index (χ4v) is 4.24. The molecule has 0 radical (unpaired) electrons. The van der Waals surface area contributed by atoms with E-state index >= 15 is 0 Å². The van der Waals surface area contributed by atoms with E-state index in [1.807, 2.05) is 27.7 Å². The predicted octanol–water partition coefficient (Wildman–Crippen LogP) is 4.06. The van der Waals surface area contributed by atoms with Crippen molar-refractivity contribution in [2.24, 2.45) is 0 Å². The smallest absolute Gasteiger partial charge is 0.419 e. The van der Waals surface area contributed by atoms with Gasteiger partial charge in [0.15, 0.2) is 0 Å². The topological polar surface area (TPSA) is 70.6 Å². The van der Waals surface area contributed by atoms with Crippen molar-refractivity contribution in [2.75, 3.05) is 38.0 Å². The van der Waals surface area contributed by atoms with Crippen LogP contribution >= 0.6 is 11.3 Å². The zero-order valence-electron chi connectivity index (χ0n) is 17.4. The molecule has 3 heterocycles. The van der Waals surface area contributed by atoms with Gasteiger partial charge in [0.2, 0.25) is 0 Å². The number of anilines is 1. The van der Waals surface area contributed by atoms with Crippen LogP contribution in [0.15, 0.2) is 11.7 Å². The number of alkyl halides is 3. The van der Waals surface area contributed by atoms with Crippen LogP contribution in [0.2, 0.25) is 0 Å². The number of amides is 1. The number of carbonyl (C=O) groups excluding carboxylic acids is 1. The minimum atomic E-state index is -4.44. The van der Waals surface area contributed by atoms with Crippen molar-refractivity contribution >= 4 is 33.5 Å². The lowest BCUT2D eigenvalue weighted by Gasteiger charge is -2.36. The number of hydrogen-bond donors (Lipinski definition) is 1. The number of piperazine rings is 1. The highest BCUT2D eigenvalue weighted by molar-refractivity contribution is 7.18. The molecule has 11 heteroatoms. The van der Waals surface area contributed by atoms with Crippen molar-refractivity contribution in [3.8, 4) is 0 Å². The summed E-state index contributed by atoms with van der Waals surface area (Å²) in [7, 11) is 0. The Hall–Kier alpha value is -2.14. The van der Waals surface area contributed by atoms with Gasteiger partial charge in [-0.3, -0.25) is 4.90 Å². The molecule has 0 unspecified atom stereocenters. The van der Waals surface area contributed by atoms with Crippen LogP contribution in [-0.2, 0) is 10.9 Å². The SMILES string of the molecule is C[C@@H](CN1CCN(C(=O)OC(C)(C)C)CC1)Nc1ncnc2c(C(F)(F)F)csc12. The first-order chi connectivity index (χ1) is 13.9. The Kier molecular flexibility index (Phi) is 6.42. The van der Waals surface area contributed by atoms with E-state index in [-0.39, 0.29) is 17.7 Å². The minimum Gasteiger partial charge on any atom is -0.444 e. The summed E-state index contributed by atoms with van der Waals surface area (Å²) in [4.78, 5) is 24.0. The molecule has 2 aromatic rings. The molecule has 30 heavy (non-hydrogen) atoms. The maximum absolute atomic E-state index is 13.1. The van der Waals surface area contributed by atoms with Gasteiger partial charge in [-0.1, -0.05) is 0 Å². The third-order valence-corrected chi connectivity index (χ3v) is 5.57. The summed E-state index contributed by atoms with van der Waals surface area (Å²) < 4.78 is 45.1. The van der Waals surface area contributed by atoms with Gasteiger partial charge in [-0.25, -0.2) is 14.8 Å². The van der Waals surface area contributed by atoms with Crippen LogP contribution in [-0.4, -0.2) is 70.2 Å². The number of carbonyl (C=O) groups is 1. The van der Waals surface area contributed by atoms with Gasteiger partial charge in [-0.2, -0.15) is 13.2 Å². The molecule has 0 aliphatic carbocycles. The zero-order chi connectivity index (χ0) is 22.1. The molecular formula is C19H26F3N5O2S. The Bertz CT molecular complexity index is 888. The Labute approximate surface area is 177 Å². The van der Waals surface area contributed by atoms with Crippen molar-refractivity contribution in [3.63, 3.8) is 0 Å². The summed E-state index contributed by atoms with van der Waals surface area (Å²) in [6.07, 6.45) is -3.60. The summed E-state index contributed by atoms with van der Waals surface area (Å²) in [6, 6.07) is -0.0485. The lowest BCUT2D eigenvalue weighted by atomic mass is 10.2. The van der Waals surface area contributed by atoms with Gasteiger partial charge in [0, 0.05) is 44.1 Å². The van der Waals surface area contributed by atoms with E-state index in [2.05, 4.69) is 20.2 Å². The van der Waals surface area contributed by atoms with Crippen LogP contribution in [0, 0.1) is 0 Å². The lowest BCUT2D eigenvalue weighted by molar-refractivity contribution is -0.136. The predicted molar refractivity (Wildman–Crippen MR) is 110 cm³/mol. The van der Waals surface area contributed by atoms with Crippen LogP contribution < -0.4 is 5.32 Å². The van der Waals surface area contributed by atoms with E-state index in [0.29, 0.717) is 43.2 Å². The number of halogens is 3. The van der Waals surface area contributed by atoms with E-state index in [0.717, 1.165) is 23.0 Å². The van der Waals surface area contributed by atoms with E-state index < -0.39 is 17.3 Å². The van der Waals surface area contributed by atoms with Crippen molar-refractivity contribution < 1.29 is 22.7 Å². The van der Waals surface area contributed by atoms with Crippen molar-refractivity contribution in [2.45, 2.75) is 45.5 Å². The minimum absolute atomic E-state index is 0.0485. The molecule has 0 spiro atoms. The van der Waals surface area contributed by atoms with E-state index in [9.17, 15) is 18.0 Å². The quantitative estimate of drug-likeness (QED) is 0.765. The molecule has 2 aromatic heterocycles. The van der Waals surface area contributed by atoms with Crippen LogP contribution in [0.25, 0.3) is 10.2 Å². The largest absolute Gasteiger partial charge is 0.444 e. The van der Waals surface area contributed by atoms with E-state index in [1.165, 1.54) is 0 Å². The number of nitrogens with zero attached hydrogens (tertiary/aromatic N) is 4. The summed E-state index contributed by atoms with van der Waals surface area (Å²) in [5.41, 5.74) is -1.34. The van der Waals surface area contributed by atoms with Crippen LogP contribution in [0.4, 0.5) is 23.8 Å². The van der Waals surface area contributed by atoms with Gasteiger partial charge in [0.25, 0.3) is 0 Å². The van der Waals surface area contributed by atoms with Crippen molar-refractivity contribution in [1.82, 2.24) is 19.8 Å². The Morgan fingerprint density at radius 3 is 2.50 bits per heavy atom. The molecule has 1 aliphatic heterocycles. The van der Waals surface area contributed by atoms with Gasteiger partial charge in [0.05, 0.1) is 15.8 Å². The van der Waals surface area contributed by atoms with Gasteiger partial charge in [0.1, 0.15) is 17.7 Å². The van der Waals surface area contributed by atoms with E-state index in [1.54, 1.807) is 4.90 Å². The Balaban J connectivity index is 1.56. The molecule has 7 nitrogen and oxygen atoms in total. The summed E-state index contributed by atoms with van der Waals surface area (Å²) >= 11 is 0.984. The highest BCUT2D eigenvalue weighted by atomic mass is 32.1. The molecule has 166 valence electrons. The molecule has 1 atom stereocenters. The fraction of sp³-hybridized carbons (Fsp3) is 0.632. The third kappa shape index (κ3) is 5.51. The molecule has 1 fully saturated rings. The summed E-state index contributed by atoms with van der Waals surface area (Å²) in [5, 5.41) is 4.28. The number of aromatic nitrogens is 2. The van der Waals surface area contributed by atoms with Gasteiger partial charge >= 0.3 is 12.3 Å². The molecule has 1 N–H and O–H groups in total. The summed E-state index contributed by atoms with van der Waals surface area (Å²) in [5.74, 6) is 0.403. The number of nitrogens with one attached hydrogen (secondary N) is 1. The molecule has 1 saturated heterocycles. The second-order valence-corrected chi connectivity index (χ2v) is 9.24. The molecular weight excluding hydrogens is 419 g/mol. The number of ether oxygens (including phenoxy) is 1. The van der Waals surface area contributed by atoms with Gasteiger partial charge in [-0.05, 0) is 27.7 Å². The van der Waals surface area contributed by atoms with Crippen molar-refractivity contribution in [3.05, 3.63) is 17.3 Å². The van der Waals surface area contributed by atoms with Gasteiger partial charge < -0.3 is 15.0 Å². The van der Waals surface area contributed by atoms with Crippen LogP contribution in [0.1, 0.15) is 33.3 Å². The highest BCUT2D eigenvalue weighted by Gasteiger charge is 2.35. The lowest BCUT2D eigenvalue weighted by Crippen LogP contribution is -2.51. The maximum Gasteiger partial charge on any atom is 0.419 e. The average molecular weight is 446 g/mol. The standard InChI is InChI=1S/C19H26F3N5O2S/c1-12(9-26-5-7-27(8-6-26)17(28)29-18(2,3)4)25-16-15-14(23-11-24-16)13(10-30-15)19(20,21)22/h10-12H,5-9H2,1-4H3,(H,23,24,25)/t12-/m0/s1. The second kappa shape index (κ2) is 8.54. The van der Waals surface area contributed by atoms with Gasteiger partial charge in [-0.15, -0.1) is 11.3 Å². The average Bonchev–Trinajstić information content (AvgIpc) is 3.06.